The van der Waals surface area contributed by atoms with Crippen LogP contribution in [0.1, 0.15) is 18.4 Å². The Labute approximate surface area is 94.6 Å². The fourth-order valence-electron chi connectivity index (χ4n) is 1.37. The van der Waals surface area contributed by atoms with E-state index < -0.39 is 0 Å². The van der Waals surface area contributed by atoms with Crippen LogP contribution >= 0.6 is 0 Å². The summed E-state index contributed by atoms with van der Waals surface area (Å²) < 4.78 is 0. The Morgan fingerprint density at radius 2 is 2.38 bits per heavy atom. The van der Waals surface area contributed by atoms with Crippen LogP contribution in [0.2, 0.25) is 0 Å². The third kappa shape index (κ3) is 3.12. The summed E-state index contributed by atoms with van der Waals surface area (Å²) in [6.45, 7) is 0.524. The number of hydrogen-bond donors (Lipinski definition) is 3. The van der Waals surface area contributed by atoms with Crippen molar-refractivity contribution in [2.45, 2.75) is 25.4 Å². The molecule has 0 aliphatic heterocycles. The smallest absolute Gasteiger partial charge is 0.315 e. The summed E-state index contributed by atoms with van der Waals surface area (Å²) in [4.78, 5) is 15.5. The van der Waals surface area contributed by atoms with Crippen molar-refractivity contribution in [1.29, 1.82) is 0 Å². The molecular formula is C11H16N4O. The fraction of sp³-hybridized carbons (Fsp3) is 0.455. The van der Waals surface area contributed by atoms with Crippen LogP contribution in [0.25, 0.3) is 0 Å². The number of urea groups is 1. The van der Waals surface area contributed by atoms with Crippen LogP contribution in [-0.2, 0) is 6.54 Å². The van der Waals surface area contributed by atoms with Gasteiger partial charge < -0.3 is 16.0 Å². The number of anilines is 1. The minimum Gasteiger partial charge on any atom is -0.373 e. The van der Waals surface area contributed by atoms with Gasteiger partial charge in [0.25, 0.3) is 0 Å². The van der Waals surface area contributed by atoms with E-state index in [1.165, 1.54) is 0 Å². The summed E-state index contributed by atoms with van der Waals surface area (Å²) in [5.41, 5.74) is 1.03. The number of carbonyl (C=O) groups excluding carboxylic acids is 1. The molecule has 5 nitrogen and oxygen atoms in total. The van der Waals surface area contributed by atoms with E-state index in [9.17, 15) is 4.79 Å². The predicted octanol–water partition coefficient (Wildman–Crippen LogP) is 1.08. The molecule has 0 atom stereocenters. The van der Waals surface area contributed by atoms with E-state index in [4.69, 9.17) is 0 Å². The molecule has 1 aromatic rings. The van der Waals surface area contributed by atoms with Gasteiger partial charge in [-0.15, -0.1) is 0 Å². The average molecular weight is 220 g/mol. The summed E-state index contributed by atoms with van der Waals surface area (Å²) in [6, 6.07) is 4.10. The van der Waals surface area contributed by atoms with E-state index in [1.54, 1.807) is 6.20 Å². The van der Waals surface area contributed by atoms with Crippen molar-refractivity contribution >= 4 is 11.8 Å². The molecule has 16 heavy (non-hydrogen) atoms. The van der Waals surface area contributed by atoms with Gasteiger partial charge in [-0.05, 0) is 30.5 Å². The number of nitrogens with one attached hydrogen (secondary N) is 3. The molecule has 1 heterocycles. The molecule has 0 radical (unpaired) electrons. The number of carbonyl (C=O) groups is 1. The second-order valence-electron chi connectivity index (χ2n) is 3.90. The molecule has 0 aromatic carbocycles. The van der Waals surface area contributed by atoms with Crippen molar-refractivity contribution in [3.8, 4) is 0 Å². The highest BCUT2D eigenvalue weighted by atomic mass is 16.2. The topological polar surface area (TPSA) is 66.0 Å². The average Bonchev–Trinajstić information content (AvgIpc) is 3.10. The summed E-state index contributed by atoms with van der Waals surface area (Å²) in [5.74, 6) is 0.807. The molecule has 3 N–H and O–H groups in total. The van der Waals surface area contributed by atoms with Gasteiger partial charge in [0.05, 0.1) is 0 Å². The van der Waals surface area contributed by atoms with Crippen molar-refractivity contribution in [2.24, 2.45) is 0 Å². The molecule has 2 amide bonds. The van der Waals surface area contributed by atoms with E-state index in [0.29, 0.717) is 12.6 Å². The number of hydrogen-bond acceptors (Lipinski definition) is 3. The number of pyridine rings is 1. The van der Waals surface area contributed by atoms with E-state index in [1.807, 2.05) is 19.2 Å². The summed E-state index contributed by atoms with van der Waals surface area (Å²) in [7, 11) is 1.82. The normalized spacial score (nSPS) is 14.3. The lowest BCUT2D eigenvalue weighted by atomic mass is 10.2. The molecule has 1 aliphatic rings. The molecule has 1 aromatic heterocycles. The number of nitrogens with zero attached hydrogens (tertiary/aromatic N) is 1. The molecule has 5 heteroatoms. The summed E-state index contributed by atoms with van der Waals surface area (Å²) in [6.07, 6.45) is 3.93. The van der Waals surface area contributed by atoms with Gasteiger partial charge >= 0.3 is 6.03 Å². The molecule has 86 valence electrons. The molecule has 1 saturated carbocycles. The summed E-state index contributed by atoms with van der Waals surface area (Å²) in [5, 5.41) is 8.65. The molecule has 0 bridgehead atoms. The monoisotopic (exact) mass is 220 g/mol. The standard InChI is InChI=1S/C11H16N4O/c1-12-10-6-8(4-5-13-10)7-14-11(16)15-9-2-3-9/h4-6,9H,2-3,7H2,1H3,(H,12,13)(H2,14,15,16). The zero-order chi connectivity index (χ0) is 11.4. The Morgan fingerprint density at radius 1 is 1.56 bits per heavy atom. The number of rotatable bonds is 4. The quantitative estimate of drug-likeness (QED) is 0.711. The largest absolute Gasteiger partial charge is 0.373 e. The molecule has 0 saturated heterocycles. The van der Waals surface area contributed by atoms with Gasteiger partial charge in [0.15, 0.2) is 0 Å². The maximum atomic E-state index is 11.4. The Bertz CT molecular complexity index is 376. The zero-order valence-electron chi connectivity index (χ0n) is 9.29. The van der Waals surface area contributed by atoms with Crippen LogP contribution < -0.4 is 16.0 Å². The van der Waals surface area contributed by atoms with Gasteiger partial charge in [0.1, 0.15) is 5.82 Å². The molecule has 0 unspecified atom stereocenters. The van der Waals surface area contributed by atoms with Crippen LogP contribution in [0.4, 0.5) is 10.6 Å². The molecule has 1 aliphatic carbocycles. The SMILES string of the molecule is CNc1cc(CNC(=O)NC2CC2)ccn1. The van der Waals surface area contributed by atoms with Crippen LogP contribution in [0.5, 0.6) is 0 Å². The van der Waals surface area contributed by atoms with Crippen molar-refractivity contribution in [3.63, 3.8) is 0 Å². The number of amides is 2. The summed E-state index contributed by atoms with van der Waals surface area (Å²) >= 11 is 0. The lowest BCUT2D eigenvalue weighted by Crippen LogP contribution is -2.36. The molecular weight excluding hydrogens is 204 g/mol. The second-order valence-corrected chi connectivity index (χ2v) is 3.90. The van der Waals surface area contributed by atoms with Crippen LogP contribution in [-0.4, -0.2) is 24.1 Å². The molecule has 0 spiro atoms. The zero-order valence-corrected chi connectivity index (χ0v) is 9.29. The van der Waals surface area contributed by atoms with Crippen molar-refractivity contribution < 1.29 is 4.79 Å². The highest BCUT2D eigenvalue weighted by Gasteiger charge is 2.22. The maximum Gasteiger partial charge on any atom is 0.315 e. The predicted molar refractivity (Wildman–Crippen MR) is 62.2 cm³/mol. The first-order chi connectivity index (χ1) is 7.78. The van der Waals surface area contributed by atoms with Crippen LogP contribution in [0.15, 0.2) is 18.3 Å². The van der Waals surface area contributed by atoms with E-state index >= 15 is 0 Å². The highest BCUT2D eigenvalue weighted by Crippen LogP contribution is 2.18. The molecule has 1 fully saturated rings. The van der Waals surface area contributed by atoms with E-state index in [-0.39, 0.29) is 6.03 Å². The highest BCUT2D eigenvalue weighted by molar-refractivity contribution is 5.74. The van der Waals surface area contributed by atoms with Gasteiger partial charge in [-0.1, -0.05) is 0 Å². The Balaban J connectivity index is 1.80. The Hall–Kier alpha value is -1.78. The van der Waals surface area contributed by atoms with Gasteiger partial charge in [-0.3, -0.25) is 0 Å². The number of aromatic nitrogens is 1. The van der Waals surface area contributed by atoms with Crippen molar-refractivity contribution in [1.82, 2.24) is 15.6 Å². The van der Waals surface area contributed by atoms with E-state index in [0.717, 1.165) is 24.2 Å². The first kappa shape index (κ1) is 10.7. The minimum atomic E-state index is -0.0923. The van der Waals surface area contributed by atoms with Crippen LogP contribution in [0, 0.1) is 0 Å². The first-order valence-electron chi connectivity index (χ1n) is 5.45. The first-order valence-corrected chi connectivity index (χ1v) is 5.45. The van der Waals surface area contributed by atoms with Gasteiger partial charge in [-0.2, -0.15) is 0 Å². The molecule has 2 rings (SSSR count). The van der Waals surface area contributed by atoms with Crippen molar-refractivity contribution in [2.75, 3.05) is 12.4 Å². The van der Waals surface area contributed by atoms with Gasteiger partial charge in [-0.25, -0.2) is 9.78 Å². The van der Waals surface area contributed by atoms with Gasteiger partial charge in [0, 0.05) is 25.8 Å². The lowest BCUT2D eigenvalue weighted by molar-refractivity contribution is 0.240. The minimum absolute atomic E-state index is 0.0923. The fourth-order valence-corrected chi connectivity index (χ4v) is 1.37. The third-order valence-corrected chi connectivity index (χ3v) is 2.45. The second kappa shape index (κ2) is 4.83. The lowest BCUT2D eigenvalue weighted by Gasteiger charge is -2.07. The van der Waals surface area contributed by atoms with Crippen LogP contribution in [0.3, 0.4) is 0 Å². The Kier molecular flexibility index (Phi) is 3.24. The Morgan fingerprint density at radius 3 is 3.06 bits per heavy atom. The van der Waals surface area contributed by atoms with Crippen molar-refractivity contribution in [3.05, 3.63) is 23.9 Å². The maximum absolute atomic E-state index is 11.4. The van der Waals surface area contributed by atoms with E-state index in [2.05, 4.69) is 20.9 Å². The van der Waals surface area contributed by atoms with Gasteiger partial charge in [0.2, 0.25) is 0 Å². The third-order valence-electron chi connectivity index (χ3n) is 2.45.